The summed E-state index contributed by atoms with van der Waals surface area (Å²) in [7, 11) is 0. The topological polar surface area (TPSA) is 74.3 Å². The lowest BCUT2D eigenvalue weighted by Crippen LogP contribution is -2.29. The number of carbonyl (C=O) groups is 2. The molecule has 1 saturated heterocycles. The van der Waals surface area contributed by atoms with E-state index in [1.165, 1.54) is 24.8 Å². The molecular formula is C26H28N4O2. The summed E-state index contributed by atoms with van der Waals surface area (Å²) >= 11 is 0. The number of anilines is 1. The van der Waals surface area contributed by atoms with Crippen LogP contribution in [0.2, 0.25) is 0 Å². The van der Waals surface area contributed by atoms with Crippen molar-refractivity contribution in [1.82, 2.24) is 15.2 Å². The van der Waals surface area contributed by atoms with Crippen molar-refractivity contribution in [2.24, 2.45) is 0 Å². The number of pyridine rings is 1. The molecule has 6 nitrogen and oxygen atoms in total. The van der Waals surface area contributed by atoms with Gasteiger partial charge in [0.2, 0.25) is 0 Å². The van der Waals surface area contributed by atoms with Crippen molar-refractivity contribution in [1.29, 1.82) is 0 Å². The van der Waals surface area contributed by atoms with Crippen molar-refractivity contribution in [2.45, 2.75) is 32.4 Å². The van der Waals surface area contributed by atoms with Crippen molar-refractivity contribution < 1.29 is 9.59 Å². The number of rotatable bonds is 7. The largest absolute Gasteiger partial charge is 0.348 e. The molecule has 1 aromatic heterocycles. The second kappa shape index (κ2) is 10.7. The number of benzene rings is 2. The first kappa shape index (κ1) is 21.7. The molecule has 0 radical (unpaired) electrons. The summed E-state index contributed by atoms with van der Waals surface area (Å²) in [6.45, 7) is 3.57. The van der Waals surface area contributed by atoms with Crippen LogP contribution >= 0.6 is 0 Å². The van der Waals surface area contributed by atoms with Gasteiger partial charge in [0.05, 0.1) is 11.3 Å². The zero-order chi connectivity index (χ0) is 22.2. The van der Waals surface area contributed by atoms with Gasteiger partial charge in [-0.25, -0.2) is 0 Å². The van der Waals surface area contributed by atoms with E-state index in [1.54, 1.807) is 36.7 Å². The van der Waals surface area contributed by atoms with Crippen LogP contribution in [0.3, 0.4) is 0 Å². The Morgan fingerprint density at radius 1 is 0.844 bits per heavy atom. The number of piperidine rings is 1. The molecule has 1 aliphatic heterocycles. The quantitative estimate of drug-likeness (QED) is 0.590. The van der Waals surface area contributed by atoms with Gasteiger partial charge in [-0.3, -0.25) is 19.5 Å². The van der Waals surface area contributed by atoms with Crippen LogP contribution in [0.25, 0.3) is 0 Å². The molecule has 0 spiro atoms. The normalized spacial score (nSPS) is 14.0. The fourth-order valence-corrected chi connectivity index (χ4v) is 3.90. The predicted octanol–water partition coefficient (Wildman–Crippen LogP) is 4.25. The Hall–Kier alpha value is -3.51. The number of carbonyl (C=O) groups excluding carboxylic acids is 2. The zero-order valence-corrected chi connectivity index (χ0v) is 18.1. The summed E-state index contributed by atoms with van der Waals surface area (Å²) < 4.78 is 0. The van der Waals surface area contributed by atoms with Gasteiger partial charge in [0.15, 0.2) is 0 Å². The molecule has 6 heteroatoms. The van der Waals surface area contributed by atoms with Crippen LogP contribution in [-0.2, 0) is 13.1 Å². The van der Waals surface area contributed by atoms with Crippen LogP contribution in [-0.4, -0.2) is 34.8 Å². The molecule has 32 heavy (non-hydrogen) atoms. The van der Waals surface area contributed by atoms with Crippen molar-refractivity contribution in [3.05, 3.63) is 95.3 Å². The van der Waals surface area contributed by atoms with Gasteiger partial charge >= 0.3 is 0 Å². The van der Waals surface area contributed by atoms with Gasteiger partial charge in [-0.2, -0.15) is 0 Å². The first-order valence-corrected chi connectivity index (χ1v) is 11.1. The molecule has 3 aromatic rings. The average molecular weight is 429 g/mol. The minimum Gasteiger partial charge on any atom is -0.348 e. The number of nitrogens with one attached hydrogen (secondary N) is 2. The van der Waals surface area contributed by atoms with Gasteiger partial charge < -0.3 is 10.6 Å². The van der Waals surface area contributed by atoms with E-state index in [9.17, 15) is 9.59 Å². The van der Waals surface area contributed by atoms with Crippen LogP contribution in [0, 0.1) is 0 Å². The smallest absolute Gasteiger partial charge is 0.255 e. The van der Waals surface area contributed by atoms with Gasteiger partial charge in [-0.15, -0.1) is 0 Å². The molecule has 0 saturated carbocycles. The van der Waals surface area contributed by atoms with Crippen LogP contribution in [0.5, 0.6) is 0 Å². The number of aromatic nitrogens is 1. The molecule has 1 aliphatic rings. The van der Waals surface area contributed by atoms with Crippen molar-refractivity contribution >= 4 is 17.5 Å². The molecule has 0 aliphatic carbocycles. The highest BCUT2D eigenvalue weighted by Gasteiger charge is 2.15. The Morgan fingerprint density at radius 3 is 2.38 bits per heavy atom. The minimum atomic E-state index is -0.248. The van der Waals surface area contributed by atoms with E-state index in [4.69, 9.17) is 0 Å². The molecule has 2 heterocycles. The van der Waals surface area contributed by atoms with Crippen LogP contribution in [0.15, 0.2) is 73.1 Å². The molecule has 4 rings (SSSR count). The van der Waals surface area contributed by atoms with Gasteiger partial charge in [0.1, 0.15) is 0 Å². The van der Waals surface area contributed by atoms with Crippen molar-refractivity contribution in [3.63, 3.8) is 0 Å². The number of hydrogen-bond donors (Lipinski definition) is 2. The predicted molar refractivity (Wildman–Crippen MR) is 125 cm³/mol. The highest BCUT2D eigenvalue weighted by molar-refractivity contribution is 6.09. The molecule has 164 valence electrons. The number of hydrogen-bond acceptors (Lipinski definition) is 4. The summed E-state index contributed by atoms with van der Waals surface area (Å²) in [6.07, 6.45) is 7.24. The molecule has 0 atom stereocenters. The Labute approximate surface area is 188 Å². The molecule has 2 amide bonds. The highest BCUT2D eigenvalue weighted by Crippen LogP contribution is 2.18. The summed E-state index contributed by atoms with van der Waals surface area (Å²) in [5, 5.41) is 5.76. The molecule has 1 fully saturated rings. The Bertz CT molecular complexity index is 1040. The summed E-state index contributed by atoms with van der Waals surface area (Å²) in [4.78, 5) is 32.0. The lowest BCUT2D eigenvalue weighted by molar-refractivity contribution is 0.0951. The maximum atomic E-state index is 12.8. The van der Waals surface area contributed by atoms with Gasteiger partial charge in [0, 0.05) is 31.0 Å². The van der Waals surface area contributed by atoms with Crippen LogP contribution < -0.4 is 10.6 Å². The monoisotopic (exact) mass is 428 g/mol. The Morgan fingerprint density at radius 2 is 1.62 bits per heavy atom. The van der Waals surface area contributed by atoms with E-state index < -0.39 is 0 Å². The maximum Gasteiger partial charge on any atom is 0.255 e. The number of likely N-dealkylation sites (tertiary alicyclic amines) is 1. The van der Waals surface area contributed by atoms with Gasteiger partial charge in [0.25, 0.3) is 11.8 Å². The molecule has 2 N–H and O–H groups in total. The van der Waals surface area contributed by atoms with E-state index in [-0.39, 0.29) is 11.8 Å². The van der Waals surface area contributed by atoms with E-state index in [2.05, 4.69) is 20.5 Å². The molecular weight excluding hydrogens is 400 g/mol. The molecule has 2 aromatic carbocycles. The third kappa shape index (κ3) is 5.80. The first-order valence-electron chi connectivity index (χ1n) is 11.1. The minimum absolute atomic E-state index is 0.234. The summed E-state index contributed by atoms with van der Waals surface area (Å²) in [6, 6.07) is 18.5. The van der Waals surface area contributed by atoms with Gasteiger partial charge in [-0.1, -0.05) is 36.8 Å². The van der Waals surface area contributed by atoms with E-state index >= 15 is 0 Å². The lowest BCUT2D eigenvalue weighted by atomic mass is 10.1. The average Bonchev–Trinajstić information content (AvgIpc) is 2.84. The zero-order valence-electron chi connectivity index (χ0n) is 18.1. The third-order valence-corrected chi connectivity index (χ3v) is 5.67. The molecule has 0 unspecified atom stereocenters. The summed E-state index contributed by atoms with van der Waals surface area (Å²) in [5.41, 5.74) is 3.59. The second-order valence-corrected chi connectivity index (χ2v) is 8.08. The number of para-hydroxylation sites is 1. The number of nitrogens with zero attached hydrogens (tertiary/aromatic N) is 2. The maximum absolute atomic E-state index is 12.8. The fraction of sp³-hybridized carbons (Fsp3) is 0.269. The van der Waals surface area contributed by atoms with Crippen LogP contribution in [0.1, 0.15) is 51.1 Å². The van der Waals surface area contributed by atoms with E-state index in [0.717, 1.165) is 25.2 Å². The Kier molecular flexibility index (Phi) is 7.25. The fourth-order valence-electron chi connectivity index (χ4n) is 3.90. The van der Waals surface area contributed by atoms with E-state index in [1.807, 2.05) is 36.4 Å². The summed E-state index contributed by atoms with van der Waals surface area (Å²) in [5.74, 6) is -0.483. The lowest BCUT2D eigenvalue weighted by Gasteiger charge is -2.26. The van der Waals surface area contributed by atoms with Gasteiger partial charge in [-0.05, 0) is 67.4 Å². The molecule has 0 bridgehead atoms. The number of amides is 2. The SMILES string of the molecule is O=C(Nc1ccccc1C(=O)NCc1cccnc1)c1ccc(CN2CCCCC2)cc1. The van der Waals surface area contributed by atoms with E-state index in [0.29, 0.717) is 23.4 Å². The van der Waals surface area contributed by atoms with Crippen molar-refractivity contribution in [2.75, 3.05) is 18.4 Å². The third-order valence-electron chi connectivity index (χ3n) is 5.67. The first-order chi connectivity index (χ1) is 15.7. The standard InChI is InChI=1S/C26H28N4O2/c31-25(22-12-10-20(11-13-22)19-30-15-4-1-5-16-30)29-24-9-3-2-8-23(24)26(32)28-18-21-7-6-14-27-17-21/h2-3,6-14,17H,1,4-5,15-16,18-19H2,(H,28,32)(H,29,31). The highest BCUT2D eigenvalue weighted by atomic mass is 16.2. The van der Waals surface area contributed by atoms with Crippen molar-refractivity contribution in [3.8, 4) is 0 Å². The van der Waals surface area contributed by atoms with Crippen LogP contribution in [0.4, 0.5) is 5.69 Å². The Balaban J connectivity index is 1.38. The second-order valence-electron chi connectivity index (χ2n) is 8.08.